The van der Waals surface area contributed by atoms with E-state index in [9.17, 15) is 14.0 Å². The van der Waals surface area contributed by atoms with Crippen LogP contribution < -0.4 is 5.32 Å². The van der Waals surface area contributed by atoms with Gasteiger partial charge < -0.3 is 10.4 Å². The summed E-state index contributed by atoms with van der Waals surface area (Å²) >= 11 is 0. The number of rotatable bonds is 5. The SMILES string of the molecule is CC(C(=O)NC(C(=O)O)C(C)C)c1cccc(F)c1. The number of carbonyl (C=O) groups is 2. The Balaban J connectivity index is 2.80. The quantitative estimate of drug-likeness (QED) is 0.859. The molecule has 0 spiro atoms. The summed E-state index contributed by atoms with van der Waals surface area (Å²) in [5, 5.41) is 11.5. The number of aliphatic carboxylic acids is 1. The molecule has 2 unspecified atom stereocenters. The topological polar surface area (TPSA) is 66.4 Å². The number of carboxylic acids is 1. The molecule has 4 nitrogen and oxygen atoms in total. The minimum Gasteiger partial charge on any atom is -0.480 e. The number of hydrogen-bond acceptors (Lipinski definition) is 2. The number of nitrogens with one attached hydrogen (secondary N) is 1. The van der Waals surface area contributed by atoms with Crippen molar-refractivity contribution in [2.45, 2.75) is 32.7 Å². The van der Waals surface area contributed by atoms with Gasteiger partial charge in [0.05, 0.1) is 5.92 Å². The van der Waals surface area contributed by atoms with Gasteiger partial charge in [-0.15, -0.1) is 0 Å². The Morgan fingerprint density at radius 1 is 1.26 bits per heavy atom. The summed E-state index contributed by atoms with van der Waals surface area (Å²) in [5.74, 6) is -2.74. The van der Waals surface area contributed by atoms with E-state index in [0.717, 1.165) is 0 Å². The van der Waals surface area contributed by atoms with E-state index < -0.39 is 29.7 Å². The van der Waals surface area contributed by atoms with Gasteiger partial charge in [0.25, 0.3) is 0 Å². The average molecular weight is 267 g/mol. The third kappa shape index (κ3) is 4.05. The Kier molecular flexibility index (Phi) is 5.03. The molecule has 0 fully saturated rings. The van der Waals surface area contributed by atoms with Gasteiger partial charge in [-0.25, -0.2) is 9.18 Å². The molecular weight excluding hydrogens is 249 g/mol. The van der Waals surface area contributed by atoms with Crippen LogP contribution in [0.2, 0.25) is 0 Å². The lowest BCUT2D eigenvalue weighted by Crippen LogP contribution is -2.45. The van der Waals surface area contributed by atoms with Gasteiger partial charge in [-0.3, -0.25) is 4.79 Å². The lowest BCUT2D eigenvalue weighted by molar-refractivity contribution is -0.143. The van der Waals surface area contributed by atoms with Crippen molar-refractivity contribution in [3.63, 3.8) is 0 Å². The van der Waals surface area contributed by atoms with Gasteiger partial charge in [0.15, 0.2) is 0 Å². The van der Waals surface area contributed by atoms with E-state index in [4.69, 9.17) is 5.11 Å². The van der Waals surface area contributed by atoms with E-state index in [1.165, 1.54) is 18.2 Å². The second kappa shape index (κ2) is 6.31. The summed E-state index contributed by atoms with van der Waals surface area (Å²) in [7, 11) is 0. The molecule has 1 aromatic carbocycles. The van der Waals surface area contributed by atoms with E-state index in [-0.39, 0.29) is 5.92 Å². The van der Waals surface area contributed by atoms with E-state index in [1.54, 1.807) is 26.8 Å². The predicted octanol–water partition coefficient (Wildman–Crippen LogP) is 2.15. The fourth-order valence-electron chi connectivity index (χ4n) is 1.72. The summed E-state index contributed by atoms with van der Waals surface area (Å²) in [5.41, 5.74) is 0.519. The largest absolute Gasteiger partial charge is 0.480 e. The van der Waals surface area contributed by atoms with E-state index in [0.29, 0.717) is 5.56 Å². The molecule has 0 saturated carbocycles. The highest BCUT2D eigenvalue weighted by Crippen LogP contribution is 2.17. The minimum atomic E-state index is -1.07. The summed E-state index contributed by atoms with van der Waals surface area (Å²) < 4.78 is 13.1. The van der Waals surface area contributed by atoms with Gasteiger partial charge in [-0.05, 0) is 30.5 Å². The molecule has 0 aromatic heterocycles. The van der Waals surface area contributed by atoms with Crippen LogP contribution in [0.5, 0.6) is 0 Å². The molecule has 1 rings (SSSR count). The maximum absolute atomic E-state index is 13.1. The Hall–Kier alpha value is -1.91. The molecule has 0 bridgehead atoms. The van der Waals surface area contributed by atoms with Crippen LogP contribution in [-0.4, -0.2) is 23.0 Å². The predicted molar refractivity (Wildman–Crippen MR) is 69.2 cm³/mol. The Labute approximate surface area is 111 Å². The van der Waals surface area contributed by atoms with Crippen LogP contribution in [0.15, 0.2) is 24.3 Å². The van der Waals surface area contributed by atoms with Gasteiger partial charge in [-0.2, -0.15) is 0 Å². The molecule has 19 heavy (non-hydrogen) atoms. The highest BCUT2D eigenvalue weighted by molar-refractivity contribution is 5.87. The Morgan fingerprint density at radius 2 is 1.89 bits per heavy atom. The molecule has 0 aliphatic rings. The average Bonchev–Trinajstić information content (AvgIpc) is 2.33. The zero-order chi connectivity index (χ0) is 14.6. The maximum atomic E-state index is 13.1. The van der Waals surface area contributed by atoms with Crippen molar-refractivity contribution in [1.82, 2.24) is 5.32 Å². The third-order valence-corrected chi connectivity index (χ3v) is 2.97. The number of halogens is 1. The highest BCUT2D eigenvalue weighted by Gasteiger charge is 2.26. The molecule has 2 atom stereocenters. The van der Waals surface area contributed by atoms with Crippen LogP contribution in [0.25, 0.3) is 0 Å². The fourth-order valence-corrected chi connectivity index (χ4v) is 1.72. The lowest BCUT2D eigenvalue weighted by Gasteiger charge is -2.20. The molecule has 2 N–H and O–H groups in total. The first-order valence-electron chi connectivity index (χ1n) is 6.11. The summed E-state index contributed by atoms with van der Waals surface area (Å²) in [4.78, 5) is 23.0. The van der Waals surface area contributed by atoms with Crippen molar-refractivity contribution in [1.29, 1.82) is 0 Å². The van der Waals surface area contributed by atoms with Crippen LogP contribution in [0.3, 0.4) is 0 Å². The van der Waals surface area contributed by atoms with Gasteiger partial charge in [0.2, 0.25) is 5.91 Å². The maximum Gasteiger partial charge on any atom is 0.326 e. The molecular formula is C14H18FNO3. The molecule has 1 amide bonds. The number of hydrogen-bond donors (Lipinski definition) is 2. The number of carboxylic acid groups (broad SMARTS) is 1. The summed E-state index contributed by atoms with van der Waals surface area (Å²) in [6, 6.07) is 4.78. The van der Waals surface area contributed by atoms with Gasteiger partial charge in [0.1, 0.15) is 11.9 Å². The fraction of sp³-hybridized carbons (Fsp3) is 0.429. The Bertz CT molecular complexity index is 474. The lowest BCUT2D eigenvalue weighted by atomic mass is 9.98. The summed E-state index contributed by atoms with van der Waals surface area (Å²) in [6.45, 7) is 5.04. The van der Waals surface area contributed by atoms with Crippen molar-refractivity contribution < 1.29 is 19.1 Å². The normalized spacial score (nSPS) is 13.9. The standard InChI is InChI=1S/C14H18FNO3/c1-8(2)12(14(18)19)16-13(17)9(3)10-5-4-6-11(15)7-10/h4-9,12H,1-3H3,(H,16,17)(H,18,19). The second-order valence-electron chi connectivity index (χ2n) is 4.85. The zero-order valence-electron chi connectivity index (χ0n) is 11.2. The molecule has 0 aliphatic carbocycles. The van der Waals surface area contributed by atoms with Crippen LogP contribution in [-0.2, 0) is 9.59 Å². The number of benzene rings is 1. The minimum absolute atomic E-state index is 0.221. The number of amides is 1. The van der Waals surface area contributed by atoms with Crippen LogP contribution in [0.4, 0.5) is 4.39 Å². The van der Waals surface area contributed by atoms with Crippen LogP contribution in [0.1, 0.15) is 32.3 Å². The first-order chi connectivity index (χ1) is 8.82. The molecule has 0 saturated heterocycles. The molecule has 1 aromatic rings. The van der Waals surface area contributed by atoms with Gasteiger partial charge >= 0.3 is 5.97 Å². The molecule has 5 heteroatoms. The first-order valence-corrected chi connectivity index (χ1v) is 6.11. The van der Waals surface area contributed by atoms with Crippen molar-refractivity contribution >= 4 is 11.9 Å². The van der Waals surface area contributed by atoms with Crippen molar-refractivity contribution in [2.24, 2.45) is 5.92 Å². The molecule has 0 radical (unpaired) electrons. The van der Waals surface area contributed by atoms with Crippen molar-refractivity contribution in [2.75, 3.05) is 0 Å². The molecule has 0 aliphatic heterocycles. The third-order valence-electron chi connectivity index (χ3n) is 2.97. The first kappa shape index (κ1) is 15.1. The number of carbonyl (C=O) groups excluding carboxylic acids is 1. The van der Waals surface area contributed by atoms with Crippen LogP contribution >= 0.6 is 0 Å². The smallest absolute Gasteiger partial charge is 0.326 e. The zero-order valence-corrected chi connectivity index (χ0v) is 11.2. The van der Waals surface area contributed by atoms with Crippen molar-refractivity contribution in [3.05, 3.63) is 35.6 Å². The molecule has 104 valence electrons. The Morgan fingerprint density at radius 3 is 2.37 bits per heavy atom. The molecule has 0 heterocycles. The summed E-state index contributed by atoms with van der Waals surface area (Å²) in [6.07, 6.45) is 0. The van der Waals surface area contributed by atoms with E-state index >= 15 is 0 Å². The highest BCUT2D eigenvalue weighted by atomic mass is 19.1. The van der Waals surface area contributed by atoms with Crippen molar-refractivity contribution in [3.8, 4) is 0 Å². The van der Waals surface area contributed by atoms with Crippen LogP contribution in [0, 0.1) is 11.7 Å². The van der Waals surface area contributed by atoms with E-state index in [1.807, 2.05) is 0 Å². The monoisotopic (exact) mass is 267 g/mol. The van der Waals surface area contributed by atoms with Gasteiger partial charge in [0, 0.05) is 0 Å². The van der Waals surface area contributed by atoms with Gasteiger partial charge in [-0.1, -0.05) is 26.0 Å². The van der Waals surface area contributed by atoms with E-state index in [2.05, 4.69) is 5.32 Å². The second-order valence-corrected chi connectivity index (χ2v) is 4.85.